The molecule has 4 N–H and O–H groups in total. The lowest BCUT2D eigenvalue weighted by atomic mass is 10.3. The Bertz CT molecular complexity index is 783. The van der Waals surface area contributed by atoms with Crippen LogP contribution in [0.1, 0.15) is 6.92 Å². The lowest BCUT2D eigenvalue weighted by Gasteiger charge is -2.15. The van der Waals surface area contributed by atoms with Crippen LogP contribution >= 0.6 is 15.9 Å². The van der Waals surface area contributed by atoms with Crippen molar-refractivity contribution in [3.8, 4) is 0 Å². The molecule has 0 unspecified atom stereocenters. The van der Waals surface area contributed by atoms with Gasteiger partial charge in [0.1, 0.15) is 6.04 Å². The summed E-state index contributed by atoms with van der Waals surface area (Å²) in [6.45, 7) is 1.33. The molecule has 0 aliphatic heterocycles. The van der Waals surface area contributed by atoms with Crippen LogP contribution in [0.5, 0.6) is 0 Å². The Morgan fingerprint density at radius 3 is 2.31 bits per heavy atom. The molecular formula is C18H19BrN4O3. The molecule has 0 saturated carbocycles. The number of para-hydroxylation sites is 2. The summed E-state index contributed by atoms with van der Waals surface area (Å²) >= 11 is 3.33. The quantitative estimate of drug-likeness (QED) is 0.580. The highest BCUT2D eigenvalue weighted by Gasteiger charge is 2.16. The number of carbonyl (C=O) groups excluding carboxylic acids is 3. The molecule has 2 aromatic carbocycles. The minimum absolute atomic E-state index is 0.202. The number of hydrogen-bond donors (Lipinski definition) is 4. The molecule has 0 aliphatic carbocycles. The zero-order valence-electron chi connectivity index (χ0n) is 14.1. The second-order valence-corrected chi connectivity index (χ2v) is 6.29. The summed E-state index contributed by atoms with van der Waals surface area (Å²) in [5.41, 5.74) is 1.23. The molecule has 2 rings (SSSR count). The average molecular weight is 419 g/mol. The molecule has 0 aliphatic rings. The van der Waals surface area contributed by atoms with Crippen LogP contribution in [0.4, 0.5) is 16.2 Å². The number of nitrogens with one attached hydrogen (secondary N) is 4. The van der Waals surface area contributed by atoms with E-state index in [4.69, 9.17) is 0 Å². The number of amides is 4. The Hall–Kier alpha value is -2.87. The first-order chi connectivity index (χ1) is 12.5. The number of carbonyl (C=O) groups is 3. The molecule has 7 nitrogen and oxygen atoms in total. The summed E-state index contributed by atoms with van der Waals surface area (Å²) < 4.78 is 0.743. The Morgan fingerprint density at radius 1 is 0.962 bits per heavy atom. The predicted octanol–water partition coefficient (Wildman–Crippen LogP) is 2.71. The van der Waals surface area contributed by atoms with Crippen LogP contribution in [0.15, 0.2) is 59.1 Å². The van der Waals surface area contributed by atoms with E-state index in [0.717, 1.165) is 4.47 Å². The standard InChI is InChI=1S/C18H19BrN4O3/c1-12(21-18(26)22-13-7-3-2-4-8-13)17(25)20-11-16(24)23-15-10-6-5-9-14(15)19/h2-10,12H,11H2,1H3,(H,20,25)(H,23,24)(H2,21,22,26)/t12-/m0/s1. The van der Waals surface area contributed by atoms with Crippen molar-refractivity contribution in [3.63, 3.8) is 0 Å². The summed E-state index contributed by atoms with van der Waals surface area (Å²) in [6, 6.07) is 14.7. The third-order valence-electron chi connectivity index (χ3n) is 3.34. The molecule has 0 heterocycles. The van der Waals surface area contributed by atoms with Crippen molar-refractivity contribution in [1.29, 1.82) is 0 Å². The molecule has 0 saturated heterocycles. The van der Waals surface area contributed by atoms with Gasteiger partial charge in [0.15, 0.2) is 0 Å². The van der Waals surface area contributed by atoms with Crippen LogP contribution in [-0.2, 0) is 9.59 Å². The highest BCUT2D eigenvalue weighted by molar-refractivity contribution is 9.10. The Labute approximate surface area is 159 Å². The molecule has 4 amide bonds. The smallest absolute Gasteiger partial charge is 0.319 e. The Kier molecular flexibility index (Phi) is 7.16. The van der Waals surface area contributed by atoms with Gasteiger partial charge < -0.3 is 21.3 Å². The highest BCUT2D eigenvalue weighted by Crippen LogP contribution is 2.20. The van der Waals surface area contributed by atoms with Crippen LogP contribution in [0, 0.1) is 0 Å². The van der Waals surface area contributed by atoms with Gasteiger partial charge in [-0.2, -0.15) is 0 Å². The van der Waals surface area contributed by atoms with Gasteiger partial charge in [-0.25, -0.2) is 4.79 Å². The largest absolute Gasteiger partial charge is 0.345 e. The van der Waals surface area contributed by atoms with Gasteiger partial charge in [0, 0.05) is 10.2 Å². The molecule has 0 aromatic heterocycles. The fraction of sp³-hybridized carbons (Fsp3) is 0.167. The van der Waals surface area contributed by atoms with Crippen molar-refractivity contribution in [1.82, 2.24) is 10.6 Å². The van der Waals surface area contributed by atoms with Gasteiger partial charge in [0.05, 0.1) is 12.2 Å². The Morgan fingerprint density at radius 2 is 1.62 bits per heavy atom. The normalized spacial score (nSPS) is 11.2. The minimum Gasteiger partial charge on any atom is -0.345 e. The van der Waals surface area contributed by atoms with Crippen molar-refractivity contribution in [2.45, 2.75) is 13.0 Å². The van der Waals surface area contributed by atoms with Gasteiger partial charge in [0.2, 0.25) is 11.8 Å². The average Bonchev–Trinajstić information content (AvgIpc) is 2.62. The summed E-state index contributed by atoms with van der Waals surface area (Å²) in [5.74, 6) is -0.832. The molecule has 0 bridgehead atoms. The second-order valence-electron chi connectivity index (χ2n) is 5.43. The number of halogens is 1. The van der Waals surface area contributed by atoms with Gasteiger partial charge in [0.25, 0.3) is 0 Å². The number of urea groups is 1. The van der Waals surface area contributed by atoms with Crippen molar-refractivity contribution >= 4 is 45.2 Å². The number of benzene rings is 2. The first-order valence-electron chi connectivity index (χ1n) is 7.90. The third kappa shape index (κ3) is 6.21. The topological polar surface area (TPSA) is 99.3 Å². The molecule has 0 radical (unpaired) electrons. The molecule has 0 spiro atoms. The summed E-state index contributed by atoms with van der Waals surface area (Å²) in [7, 11) is 0. The molecule has 26 heavy (non-hydrogen) atoms. The van der Waals surface area contributed by atoms with E-state index in [0.29, 0.717) is 11.4 Å². The van der Waals surface area contributed by atoms with Crippen molar-refractivity contribution in [2.75, 3.05) is 17.2 Å². The van der Waals surface area contributed by atoms with E-state index in [1.807, 2.05) is 12.1 Å². The first kappa shape index (κ1) is 19.5. The fourth-order valence-corrected chi connectivity index (χ4v) is 2.41. The van der Waals surface area contributed by atoms with Crippen LogP contribution in [0.3, 0.4) is 0 Å². The maximum atomic E-state index is 12.0. The fourth-order valence-electron chi connectivity index (χ4n) is 2.03. The molecule has 8 heteroatoms. The SMILES string of the molecule is C[C@H](NC(=O)Nc1ccccc1)C(=O)NCC(=O)Nc1ccccc1Br. The van der Waals surface area contributed by atoms with Crippen LogP contribution < -0.4 is 21.3 Å². The van der Waals surface area contributed by atoms with Gasteiger partial charge in [-0.05, 0) is 47.1 Å². The molecule has 136 valence electrons. The van der Waals surface area contributed by atoms with Crippen molar-refractivity contribution in [2.24, 2.45) is 0 Å². The Balaban J connectivity index is 1.75. The number of rotatable bonds is 6. The van der Waals surface area contributed by atoms with E-state index < -0.39 is 18.0 Å². The van der Waals surface area contributed by atoms with E-state index in [-0.39, 0.29) is 12.5 Å². The van der Waals surface area contributed by atoms with Gasteiger partial charge in [-0.1, -0.05) is 30.3 Å². The molecular weight excluding hydrogens is 400 g/mol. The third-order valence-corrected chi connectivity index (χ3v) is 4.04. The number of anilines is 2. The summed E-state index contributed by atoms with van der Waals surface area (Å²) in [5, 5.41) is 10.3. The molecule has 2 aromatic rings. The summed E-state index contributed by atoms with van der Waals surface area (Å²) in [6.07, 6.45) is 0. The van der Waals surface area contributed by atoms with Gasteiger partial charge >= 0.3 is 6.03 Å². The van der Waals surface area contributed by atoms with E-state index in [2.05, 4.69) is 37.2 Å². The van der Waals surface area contributed by atoms with Crippen molar-refractivity contribution in [3.05, 3.63) is 59.1 Å². The highest BCUT2D eigenvalue weighted by atomic mass is 79.9. The maximum Gasteiger partial charge on any atom is 0.319 e. The molecule has 0 fully saturated rings. The van der Waals surface area contributed by atoms with Gasteiger partial charge in [-0.15, -0.1) is 0 Å². The van der Waals surface area contributed by atoms with Crippen LogP contribution in [0.25, 0.3) is 0 Å². The first-order valence-corrected chi connectivity index (χ1v) is 8.69. The summed E-state index contributed by atoms with van der Waals surface area (Å²) in [4.78, 5) is 35.8. The predicted molar refractivity (Wildman–Crippen MR) is 104 cm³/mol. The second kappa shape index (κ2) is 9.57. The maximum absolute atomic E-state index is 12.0. The van der Waals surface area contributed by atoms with Crippen LogP contribution in [0.2, 0.25) is 0 Å². The van der Waals surface area contributed by atoms with E-state index >= 15 is 0 Å². The lowest BCUT2D eigenvalue weighted by molar-refractivity contribution is -0.125. The number of hydrogen-bond acceptors (Lipinski definition) is 3. The zero-order valence-corrected chi connectivity index (χ0v) is 15.7. The minimum atomic E-state index is -0.796. The van der Waals surface area contributed by atoms with Crippen LogP contribution in [-0.4, -0.2) is 30.4 Å². The molecule has 1 atom stereocenters. The van der Waals surface area contributed by atoms with Crippen molar-refractivity contribution < 1.29 is 14.4 Å². The van der Waals surface area contributed by atoms with E-state index in [9.17, 15) is 14.4 Å². The monoisotopic (exact) mass is 418 g/mol. The van der Waals surface area contributed by atoms with E-state index in [1.165, 1.54) is 6.92 Å². The van der Waals surface area contributed by atoms with Gasteiger partial charge in [-0.3, -0.25) is 9.59 Å². The zero-order chi connectivity index (χ0) is 18.9. The lowest BCUT2D eigenvalue weighted by Crippen LogP contribution is -2.47. The van der Waals surface area contributed by atoms with E-state index in [1.54, 1.807) is 42.5 Å².